The van der Waals surface area contributed by atoms with E-state index in [1.165, 1.54) is 50.1 Å². The summed E-state index contributed by atoms with van der Waals surface area (Å²) in [6.45, 7) is 18.2. The van der Waals surface area contributed by atoms with Gasteiger partial charge in [-0.1, -0.05) is 231 Å². The molecule has 0 bridgehead atoms. The van der Waals surface area contributed by atoms with E-state index in [4.69, 9.17) is 9.97 Å². The van der Waals surface area contributed by atoms with Gasteiger partial charge in [0.05, 0.1) is 45.0 Å². The van der Waals surface area contributed by atoms with Crippen molar-refractivity contribution in [3.05, 3.63) is 379 Å². The highest BCUT2D eigenvalue weighted by atomic mass is 15.1. The lowest BCUT2D eigenvalue weighted by Crippen LogP contribution is -1.99. The highest BCUT2D eigenvalue weighted by Crippen LogP contribution is 2.38. The third kappa shape index (κ3) is 15.5. The fourth-order valence-electron chi connectivity index (χ4n) is 14.6. The van der Waals surface area contributed by atoms with Crippen molar-refractivity contribution in [2.45, 2.75) is 62.3 Å². The van der Waals surface area contributed by atoms with E-state index in [9.17, 15) is 0 Å². The van der Waals surface area contributed by atoms with Crippen LogP contribution in [0.2, 0.25) is 0 Å². The Morgan fingerprint density at radius 1 is 0.232 bits per heavy atom. The van der Waals surface area contributed by atoms with Crippen LogP contribution in [0.15, 0.2) is 328 Å². The minimum atomic E-state index is 0.792. The predicted molar refractivity (Wildman–Crippen MR) is 459 cm³/mol. The molecular weight excluding hydrogens is 1370 g/mol. The number of para-hydroxylation sites is 4. The maximum absolute atomic E-state index is 5.03. The first-order valence-electron chi connectivity index (χ1n) is 37.7. The lowest BCUT2D eigenvalue weighted by Gasteiger charge is -2.12. The fraction of sp³-hybridized carbons (Fsp3) is 0.0891. The molecule has 0 spiro atoms. The fourth-order valence-corrected chi connectivity index (χ4v) is 14.6. The van der Waals surface area contributed by atoms with Crippen LogP contribution in [0.3, 0.4) is 0 Å². The van der Waals surface area contributed by atoms with Gasteiger partial charge in [0.15, 0.2) is 0 Å². The zero-order valence-electron chi connectivity index (χ0n) is 64.1. The molecule has 0 aliphatic rings. The van der Waals surface area contributed by atoms with Crippen LogP contribution in [-0.2, 0) is 0 Å². The van der Waals surface area contributed by atoms with E-state index < -0.39 is 0 Å². The van der Waals surface area contributed by atoms with E-state index in [1.54, 1.807) is 0 Å². The molecule has 0 unspecified atom stereocenters. The number of fused-ring (bicyclic) bond motifs is 2. The Morgan fingerprint density at radius 2 is 0.589 bits per heavy atom. The average Bonchev–Trinajstić information content (AvgIpc) is 1.60. The van der Waals surface area contributed by atoms with E-state index in [1.807, 2.05) is 115 Å². The minimum absolute atomic E-state index is 0.792. The van der Waals surface area contributed by atoms with Gasteiger partial charge in [0.25, 0.3) is 0 Å². The number of imidazole rings is 1. The Labute approximate surface area is 654 Å². The number of nitrogens with zero attached hydrogens (tertiary/aromatic N) is 11. The summed E-state index contributed by atoms with van der Waals surface area (Å²) in [6.07, 6.45) is 5.50. The van der Waals surface area contributed by atoms with Crippen LogP contribution in [0.25, 0.3) is 162 Å². The first kappa shape index (κ1) is 72.1. The van der Waals surface area contributed by atoms with E-state index in [0.717, 1.165) is 163 Å². The maximum Gasteiger partial charge on any atom is 0.145 e. The number of rotatable bonds is 13. The van der Waals surface area contributed by atoms with E-state index in [2.05, 4.69) is 320 Å². The van der Waals surface area contributed by atoms with E-state index >= 15 is 0 Å². The number of benzene rings is 11. The summed E-state index contributed by atoms with van der Waals surface area (Å²) in [5.74, 6) is 3.34. The Hall–Kier alpha value is -14.2. The van der Waals surface area contributed by atoms with Crippen molar-refractivity contribution in [2.75, 3.05) is 0 Å². The molecule has 0 radical (unpaired) electrons. The van der Waals surface area contributed by atoms with Crippen LogP contribution in [0.1, 0.15) is 51.2 Å². The molecule has 18 aromatic rings. The molecule has 18 rings (SSSR count). The van der Waals surface area contributed by atoms with Gasteiger partial charge in [0.2, 0.25) is 0 Å². The van der Waals surface area contributed by atoms with Gasteiger partial charge in [-0.05, 0) is 219 Å². The summed E-state index contributed by atoms with van der Waals surface area (Å²) < 4.78 is 2.24. The zero-order valence-corrected chi connectivity index (χ0v) is 64.1. The van der Waals surface area contributed by atoms with Crippen molar-refractivity contribution >= 4 is 21.9 Å². The van der Waals surface area contributed by atoms with Gasteiger partial charge in [0, 0.05) is 85.7 Å². The van der Waals surface area contributed by atoms with Gasteiger partial charge >= 0.3 is 0 Å². The van der Waals surface area contributed by atoms with Gasteiger partial charge in [0.1, 0.15) is 23.3 Å². The molecule has 0 aliphatic carbocycles. The van der Waals surface area contributed by atoms with Gasteiger partial charge in [-0.15, -0.1) is 0 Å². The third-order valence-corrected chi connectivity index (χ3v) is 20.8. The molecule has 540 valence electrons. The predicted octanol–water partition coefficient (Wildman–Crippen LogP) is 24.9. The van der Waals surface area contributed by atoms with Crippen molar-refractivity contribution in [3.63, 3.8) is 0 Å². The van der Waals surface area contributed by atoms with Crippen LogP contribution in [-0.4, -0.2) is 54.4 Å². The van der Waals surface area contributed by atoms with Gasteiger partial charge < -0.3 is 0 Å². The minimum Gasteiger partial charge on any atom is -0.292 e. The van der Waals surface area contributed by atoms with Crippen molar-refractivity contribution in [1.82, 2.24) is 54.4 Å². The van der Waals surface area contributed by atoms with Crippen LogP contribution >= 0.6 is 0 Å². The van der Waals surface area contributed by atoms with Crippen molar-refractivity contribution < 1.29 is 0 Å². The molecule has 11 aromatic carbocycles. The summed E-state index contributed by atoms with van der Waals surface area (Å²) in [5.41, 5.74) is 36.1. The summed E-state index contributed by atoms with van der Waals surface area (Å²) in [4.78, 5) is 46.2. The van der Waals surface area contributed by atoms with Crippen molar-refractivity contribution in [2.24, 2.45) is 0 Å². The van der Waals surface area contributed by atoms with Crippen LogP contribution in [0.5, 0.6) is 0 Å². The summed E-state index contributed by atoms with van der Waals surface area (Å²) in [5, 5.41) is 1.16. The van der Waals surface area contributed by atoms with Crippen molar-refractivity contribution in [1.29, 1.82) is 0 Å². The Balaban J connectivity index is 0.000000131. The third-order valence-electron chi connectivity index (χ3n) is 20.8. The van der Waals surface area contributed by atoms with Gasteiger partial charge in [-0.2, -0.15) is 0 Å². The average molecular weight is 1450 g/mol. The summed E-state index contributed by atoms with van der Waals surface area (Å²) >= 11 is 0. The second-order valence-corrected chi connectivity index (χ2v) is 28.2. The number of aromatic nitrogens is 11. The second-order valence-electron chi connectivity index (χ2n) is 28.2. The normalized spacial score (nSPS) is 11.1. The summed E-state index contributed by atoms with van der Waals surface area (Å²) in [6, 6.07) is 109. The quantitative estimate of drug-likeness (QED) is 0.110. The first-order valence-corrected chi connectivity index (χ1v) is 37.7. The molecule has 0 saturated carbocycles. The number of hydrogen-bond donors (Lipinski definition) is 0. The molecule has 7 aromatic heterocycles. The zero-order chi connectivity index (χ0) is 76.8. The largest absolute Gasteiger partial charge is 0.292 e. The lowest BCUT2D eigenvalue weighted by molar-refractivity contribution is 0.991. The Kier molecular flexibility index (Phi) is 20.6. The molecule has 0 amide bonds. The molecule has 11 nitrogen and oxygen atoms in total. The van der Waals surface area contributed by atoms with Gasteiger partial charge in [-0.3, -0.25) is 19.5 Å². The maximum atomic E-state index is 5.03. The number of aryl methyl sites for hydroxylation is 6. The van der Waals surface area contributed by atoms with Crippen molar-refractivity contribution in [3.8, 4) is 140 Å². The molecule has 7 heterocycles. The number of pyridine rings is 3. The SMILES string of the molecule is Cc1nc(C)c(C)c(-c2ccc(-c3cc(-c4ccccn4)cc(-c4ccccn4)c3)cc2)n1.Cc1nc(C)c(C)c(-c2ccc(-c3ccc(-c4cccc(-c5ccc(-c6nc7ccccc7n6-c6ccccc6)cc5)c4)cc3)cc2)n1.Cc1nc(C)c(C)c(-c2ccc(-c3ccc(-c4cccc5cccnc45)cc3)cc2)n1. The second kappa shape index (κ2) is 32.0. The topological polar surface area (TPSA) is 134 Å². The standard InChI is InChI=1S/C44H34N4.C29H24N4.C28H23N3/c1-29-30(2)45-31(3)46-43(29)36-24-20-33(21-25-36)32-16-18-34(19-17-32)38-10-9-11-39(28-38)35-22-26-37(27-23-35)44-47-41-14-7-8-15-42(41)48(44)40-12-5-4-6-13-40;1-19-20(2)32-21(3)33-29(19)23-12-10-22(11-13-23)24-16-25(27-8-4-6-14-30-27)18-26(17-24)28-9-5-7-15-31-28;1-18-19(2)30-20(3)31-27(18)25-15-11-22(12-16-25)21-9-13-23(14-10-21)26-8-4-6-24-7-5-17-29-28(24)26/h4-28H,1-3H3;4-18H,1-3H3;4-17H,1-3H3. The highest BCUT2D eigenvalue weighted by Gasteiger charge is 2.18. The molecule has 0 saturated heterocycles. The molecule has 11 heteroatoms. The molecule has 0 fully saturated rings. The van der Waals surface area contributed by atoms with E-state index in [0.29, 0.717) is 0 Å². The molecule has 0 N–H and O–H groups in total. The molecule has 0 atom stereocenters. The van der Waals surface area contributed by atoms with Crippen LogP contribution in [0, 0.1) is 62.3 Å². The Morgan fingerprint density at radius 3 is 1.04 bits per heavy atom. The van der Waals surface area contributed by atoms with E-state index in [-0.39, 0.29) is 0 Å². The lowest BCUT2D eigenvalue weighted by atomic mass is 9.95. The van der Waals surface area contributed by atoms with Gasteiger partial charge in [-0.25, -0.2) is 34.9 Å². The number of hydrogen-bond acceptors (Lipinski definition) is 10. The Bertz CT molecular complexity index is 6340. The molecule has 0 aliphatic heterocycles. The highest BCUT2D eigenvalue weighted by molar-refractivity contribution is 5.94. The first-order chi connectivity index (χ1) is 54.7. The van der Waals surface area contributed by atoms with Crippen LogP contribution < -0.4 is 0 Å². The molecule has 112 heavy (non-hydrogen) atoms. The monoisotopic (exact) mass is 1450 g/mol. The summed E-state index contributed by atoms with van der Waals surface area (Å²) in [7, 11) is 0. The smallest absolute Gasteiger partial charge is 0.145 e. The van der Waals surface area contributed by atoms with Crippen LogP contribution in [0.4, 0.5) is 0 Å². The molecular formula is C101H81N11.